The third-order valence-electron chi connectivity index (χ3n) is 11.0. The zero-order chi connectivity index (χ0) is 64.7. The van der Waals surface area contributed by atoms with Crippen LogP contribution in [0.3, 0.4) is 0 Å². The number of hydrogen-bond acceptors (Lipinski definition) is 31. The molecule has 0 aliphatic heterocycles. The number of hydrogen-bond donors (Lipinski definition) is 17. The van der Waals surface area contributed by atoms with Gasteiger partial charge in [0.2, 0.25) is 35.7 Å². The van der Waals surface area contributed by atoms with E-state index < -0.39 is 152 Å². The fraction of sp³-hybridized carbons (Fsp3) is 0.273. The Morgan fingerprint density at radius 2 is 0.670 bits per heavy atom. The predicted octanol–water partition coefficient (Wildman–Crippen LogP) is -4.17. The first kappa shape index (κ1) is 74.1. The number of rotatable bonds is 30. The number of anilines is 10. The molecule has 476 valence electrons. The molecule has 0 fully saturated rings. The molecule has 2 aromatic heterocycles. The molecule has 0 amide bonds. The van der Waals surface area contributed by atoms with Crippen molar-refractivity contribution in [2.75, 3.05) is 110 Å². The maximum Gasteiger partial charge on any atom is 1.00 e. The van der Waals surface area contributed by atoms with Gasteiger partial charge < -0.3 is 67.0 Å². The number of aliphatic hydroxyl groups is 6. The SMILES string of the molecule is O=S(=O)(O)c1ccc(Nc2nc(Nc3ccc(/C=C/c4ccc(Nc5nc(Nc6ccc(S(=O)(=O)O)cc6S(=O)(=O)O)nc(N(CCO)CCO)n5)cc4S(=O)(=O)O)c(S(=O)(=O)O)c3)nc(N(CCO)CCO)n2)c(S(=O)(=O)O)c1.OCCNCCO.[Na+]. The Morgan fingerprint density at radius 3 is 0.943 bits per heavy atom. The average molecular weight is 1370 g/mol. The first-order valence-electron chi connectivity index (χ1n) is 24.2. The molecule has 0 aliphatic rings. The molecule has 6 rings (SSSR count). The number of nitrogens with one attached hydrogen (secondary N) is 5. The summed E-state index contributed by atoms with van der Waals surface area (Å²) in [5.41, 5.74) is -2.07. The van der Waals surface area contributed by atoms with Gasteiger partial charge in [0.15, 0.2) is 0 Å². The summed E-state index contributed by atoms with van der Waals surface area (Å²) in [4.78, 5) is 21.7. The molecule has 0 spiro atoms. The predicted molar refractivity (Wildman–Crippen MR) is 306 cm³/mol. The van der Waals surface area contributed by atoms with Crippen LogP contribution in [0.1, 0.15) is 11.1 Å². The molecule has 17 N–H and O–H groups in total. The molecule has 0 saturated carbocycles. The molecule has 4 aromatic carbocycles. The van der Waals surface area contributed by atoms with Crippen LogP contribution in [0.4, 0.5) is 58.4 Å². The first-order valence-corrected chi connectivity index (χ1v) is 32.8. The summed E-state index contributed by atoms with van der Waals surface area (Å²) >= 11 is 0. The Balaban J connectivity index is 0.00000195. The van der Waals surface area contributed by atoms with Crippen LogP contribution in [0.5, 0.6) is 0 Å². The van der Waals surface area contributed by atoms with Crippen LogP contribution in [0, 0.1) is 0 Å². The Morgan fingerprint density at radius 1 is 0.364 bits per heavy atom. The molecule has 88 heavy (non-hydrogen) atoms. The maximum absolute atomic E-state index is 12.8. The van der Waals surface area contributed by atoms with Gasteiger partial charge in [0.05, 0.1) is 60.8 Å². The van der Waals surface area contributed by atoms with Gasteiger partial charge in [0.25, 0.3) is 60.7 Å². The van der Waals surface area contributed by atoms with Gasteiger partial charge in [-0.3, -0.25) is 27.3 Å². The van der Waals surface area contributed by atoms with E-state index in [1.165, 1.54) is 21.9 Å². The van der Waals surface area contributed by atoms with Crippen molar-refractivity contribution in [3.8, 4) is 0 Å². The van der Waals surface area contributed by atoms with Crippen molar-refractivity contribution in [1.82, 2.24) is 35.2 Å². The second-order valence-electron chi connectivity index (χ2n) is 17.1. The first-order chi connectivity index (χ1) is 40.6. The molecule has 0 unspecified atom stereocenters. The summed E-state index contributed by atoms with van der Waals surface area (Å²) in [6.45, 7) is -1.49. The van der Waals surface area contributed by atoms with Crippen LogP contribution in [0.15, 0.2) is 102 Å². The van der Waals surface area contributed by atoms with E-state index in [-0.39, 0.29) is 103 Å². The summed E-state index contributed by atoms with van der Waals surface area (Å²) in [5, 5.41) is 68.0. The van der Waals surface area contributed by atoms with Gasteiger partial charge in [-0.15, -0.1) is 0 Å². The molecule has 44 heteroatoms. The van der Waals surface area contributed by atoms with Crippen molar-refractivity contribution < 1.29 is 138 Å². The minimum absolute atomic E-state index is 0. The van der Waals surface area contributed by atoms with Crippen molar-refractivity contribution in [2.45, 2.75) is 29.4 Å². The van der Waals surface area contributed by atoms with Crippen LogP contribution in [0.2, 0.25) is 0 Å². The van der Waals surface area contributed by atoms with Crippen LogP contribution < -0.4 is 65.9 Å². The number of benzene rings is 4. The molecule has 2 heterocycles. The topological polar surface area (TPSA) is 592 Å². The fourth-order valence-electron chi connectivity index (χ4n) is 7.21. The molecular weight excluding hydrogens is 1310 g/mol. The third kappa shape index (κ3) is 21.7. The average Bonchev–Trinajstić information content (AvgIpc) is 2.94. The van der Waals surface area contributed by atoms with Crippen molar-refractivity contribution in [1.29, 1.82) is 0 Å². The summed E-state index contributed by atoms with van der Waals surface area (Å²) in [5.74, 6) is -2.65. The molecule has 6 aromatic rings. The van der Waals surface area contributed by atoms with E-state index in [9.17, 15) is 98.2 Å². The van der Waals surface area contributed by atoms with Gasteiger partial charge in [-0.25, -0.2) is 0 Å². The second-order valence-corrected chi connectivity index (χ2v) is 25.5. The number of aliphatic hydroxyl groups excluding tert-OH is 6. The van der Waals surface area contributed by atoms with E-state index in [0.717, 1.165) is 60.7 Å². The van der Waals surface area contributed by atoms with Gasteiger partial charge in [0, 0.05) is 50.6 Å². The van der Waals surface area contributed by atoms with E-state index in [4.69, 9.17) is 10.2 Å². The molecule has 0 atom stereocenters. The van der Waals surface area contributed by atoms with Gasteiger partial charge in [-0.05, 0) is 71.8 Å². The minimum Gasteiger partial charge on any atom is -0.395 e. The summed E-state index contributed by atoms with van der Waals surface area (Å²) in [6.07, 6.45) is 2.04. The van der Waals surface area contributed by atoms with E-state index in [1.54, 1.807) is 0 Å². The van der Waals surface area contributed by atoms with Crippen LogP contribution >= 0.6 is 0 Å². The minimum atomic E-state index is -5.22. The van der Waals surface area contributed by atoms with Crippen molar-refractivity contribution in [2.24, 2.45) is 0 Å². The molecular formula is C44H55N13NaO24S6+. The van der Waals surface area contributed by atoms with Crippen molar-refractivity contribution in [3.63, 3.8) is 0 Å². The van der Waals surface area contributed by atoms with E-state index in [1.807, 2.05) is 0 Å². The normalized spacial score (nSPS) is 12.2. The smallest absolute Gasteiger partial charge is 0.395 e. The van der Waals surface area contributed by atoms with Gasteiger partial charge in [0.1, 0.15) is 19.6 Å². The zero-order valence-electron chi connectivity index (χ0n) is 45.4. The van der Waals surface area contributed by atoms with E-state index in [2.05, 4.69) is 56.5 Å². The Bertz CT molecular complexity index is 3910. The van der Waals surface area contributed by atoms with Gasteiger partial charge in [-0.2, -0.15) is 80.4 Å². The van der Waals surface area contributed by atoms with Gasteiger partial charge >= 0.3 is 29.6 Å². The Hall–Kier alpha value is -6.38. The maximum atomic E-state index is 12.8. The molecule has 37 nitrogen and oxygen atoms in total. The Labute approximate surface area is 524 Å². The molecule has 0 aliphatic carbocycles. The van der Waals surface area contributed by atoms with Crippen LogP contribution in [-0.2, 0) is 60.7 Å². The fourth-order valence-corrected chi connectivity index (χ4v) is 11.1. The molecule has 0 radical (unpaired) electrons. The molecule has 0 saturated heterocycles. The van der Waals surface area contributed by atoms with Crippen molar-refractivity contribution >= 4 is 131 Å². The van der Waals surface area contributed by atoms with E-state index >= 15 is 0 Å². The monoisotopic (exact) mass is 1360 g/mol. The number of nitrogens with zero attached hydrogens (tertiary/aromatic N) is 8. The Kier molecular flexibility index (Phi) is 26.8. The van der Waals surface area contributed by atoms with Crippen LogP contribution in [0.25, 0.3) is 12.2 Å². The van der Waals surface area contributed by atoms with E-state index in [0.29, 0.717) is 25.2 Å². The van der Waals surface area contributed by atoms with Crippen LogP contribution in [-0.4, -0.2) is 217 Å². The summed E-state index contributed by atoms with van der Waals surface area (Å²) < 4.78 is 207. The summed E-state index contributed by atoms with van der Waals surface area (Å²) in [6, 6.07) is 10.4. The van der Waals surface area contributed by atoms with Crippen molar-refractivity contribution in [3.05, 3.63) is 83.9 Å². The number of aromatic nitrogens is 6. The zero-order valence-corrected chi connectivity index (χ0v) is 52.3. The quantitative estimate of drug-likeness (QED) is 0.00880. The largest absolute Gasteiger partial charge is 1.00 e. The standard InChI is InChI=1S/C40H44N12O22S6.C4H11NO2.Na/c53-15-11-51(12-16-54)39-47-35(45-37(49-39)43-29-9-7-27(75(57,58)59)21-33(29)79(69,70)71)41-25-5-3-23(31(19-25)77(63,64)65)1-2-24-4-6-26(20-32(24)78(66,67)68)42-36-46-38(50-40(48-36)52(13-17-55)14-18-56)44-30-10-8-28(76(60,61)62)22-34(30)80(72,73)74;6-3-1-5-2-4-7;/h1-10,19-22,53-56H,11-18H2,(H,57,58,59)(H,60,61,62)(H,63,64,65)(H,66,67,68)(H,69,70,71)(H,72,73,74)(H2,41,43,45,47,49)(H2,42,44,46,48,50);5-7H,1-4H2;/q;;+1/b2-1+;;. The van der Waals surface area contributed by atoms with Gasteiger partial charge in [-0.1, -0.05) is 24.3 Å². The summed E-state index contributed by atoms with van der Waals surface area (Å²) in [7, 11) is -30.8. The molecule has 0 bridgehead atoms. The third-order valence-corrected chi connectivity index (χ3v) is 16.3. The second kappa shape index (κ2) is 31.9.